The minimum atomic E-state index is -0.156. The number of rotatable bonds is 2. The zero-order valence-corrected chi connectivity index (χ0v) is 6.97. The van der Waals surface area contributed by atoms with Crippen molar-refractivity contribution in [2.24, 2.45) is 5.41 Å². The van der Waals surface area contributed by atoms with Crippen molar-refractivity contribution in [3.05, 3.63) is 24.8 Å². The average molecular weight is 150 g/mol. The molecule has 0 aromatic heterocycles. The Kier molecular flexibility index (Phi) is 2.28. The van der Waals surface area contributed by atoms with Crippen molar-refractivity contribution in [2.75, 3.05) is 0 Å². The van der Waals surface area contributed by atoms with Crippen LogP contribution in [0.15, 0.2) is 24.8 Å². The van der Waals surface area contributed by atoms with Crippen LogP contribution in [0, 0.1) is 5.41 Å². The summed E-state index contributed by atoms with van der Waals surface area (Å²) in [5.74, 6) is 0.253. The monoisotopic (exact) mass is 150 g/mol. The van der Waals surface area contributed by atoms with Gasteiger partial charge >= 0.3 is 0 Å². The van der Waals surface area contributed by atoms with Crippen molar-refractivity contribution in [1.82, 2.24) is 0 Å². The van der Waals surface area contributed by atoms with E-state index in [1.54, 1.807) is 6.08 Å². The van der Waals surface area contributed by atoms with Crippen LogP contribution in [0.3, 0.4) is 0 Å². The number of ketones is 1. The lowest BCUT2D eigenvalue weighted by Crippen LogP contribution is -2.27. The van der Waals surface area contributed by atoms with E-state index in [-0.39, 0.29) is 11.2 Å². The third kappa shape index (κ3) is 1.59. The van der Waals surface area contributed by atoms with Gasteiger partial charge < -0.3 is 0 Å². The predicted molar refractivity (Wildman–Crippen MR) is 46.3 cm³/mol. The van der Waals surface area contributed by atoms with Gasteiger partial charge in [0.1, 0.15) is 0 Å². The Labute approximate surface area is 67.8 Å². The number of carbonyl (C=O) groups excluding carboxylic acids is 1. The van der Waals surface area contributed by atoms with Crippen LogP contribution in [0.2, 0.25) is 0 Å². The Balaban J connectivity index is 2.76. The molecule has 1 rings (SSSR count). The number of allylic oxidation sites excluding steroid dienone is 3. The Morgan fingerprint density at radius 1 is 1.82 bits per heavy atom. The first kappa shape index (κ1) is 8.25. The third-order valence-corrected chi connectivity index (χ3v) is 2.32. The van der Waals surface area contributed by atoms with E-state index in [4.69, 9.17) is 0 Å². The molecule has 0 amide bonds. The zero-order chi connectivity index (χ0) is 8.32. The first-order valence-corrected chi connectivity index (χ1v) is 4.01. The summed E-state index contributed by atoms with van der Waals surface area (Å²) in [6, 6.07) is 0. The molecule has 0 aromatic carbocycles. The first-order chi connectivity index (χ1) is 5.19. The van der Waals surface area contributed by atoms with E-state index in [1.807, 2.05) is 19.1 Å². The van der Waals surface area contributed by atoms with Gasteiger partial charge in [-0.15, -0.1) is 6.58 Å². The summed E-state index contributed by atoms with van der Waals surface area (Å²) < 4.78 is 0. The summed E-state index contributed by atoms with van der Waals surface area (Å²) in [6.07, 6.45) is 8.28. The molecule has 0 radical (unpaired) electrons. The summed E-state index contributed by atoms with van der Waals surface area (Å²) >= 11 is 0. The van der Waals surface area contributed by atoms with Gasteiger partial charge in [-0.2, -0.15) is 0 Å². The Morgan fingerprint density at radius 2 is 2.55 bits per heavy atom. The molecule has 0 spiro atoms. The van der Waals surface area contributed by atoms with Crippen molar-refractivity contribution < 1.29 is 4.79 Å². The van der Waals surface area contributed by atoms with Crippen LogP contribution in [-0.4, -0.2) is 5.78 Å². The van der Waals surface area contributed by atoms with Gasteiger partial charge in [0.2, 0.25) is 0 Å². The molecule has 1 aliphatic carbocycles. The van der Waals surface area contributed by atoms with Crippen molar-refractivity contribution in [3.8, 4) is 0 Å². The van der Waals surface area contributed by atoms with Crippen LogP contribution in [-0.2, 0) is 4.79 Å². The second-order valence-electron chi connectivity index (χ2n) is 3.36. The lowest BCUT2D eigenvalue weighted by molar-refractivity contribution is -0.123. The van der Waals surface area contributed by atoms with E-state index in [0.717, 1.165) is 19.3 Å². The lowest BCUT2D eigenvalue weighted by Gasteiger charge is -2.27. The quantitative estimate of drug-likeness (QED) is 0.553. The summed E-state index contributed by atoms with van der Waals surface area (Å²) in [5, 5.41) is 0. The maximum Gasteiger partial charge on any atom is 0.161 e. The SMILES string of the molecule is C=CCC1(C)CCC=CC1=O. The van der Waals surface area contributed by atoms with Crippen LogP contribution >= 0.6 is 0 Å². The minimum absolute atomic E-state index is 0.156. The van der Waals surface area contributed by atoms with Crippen molar-refractivity contribution >= 4 is 5.78 Å². The molecule has 11 heavy (non-hydrogen) atoms. The Hall–Kier alpha value is -0.850. The van der Waals surface area contributed by atoms with E-state index in [1.165, 1.54) is 0 Å². The Bertz CT molecular complexity index is 203. The normalized spacial score (nSPS) is 30.5. The number of hydrogen-bond donors (Lipinski definition) is 0. The summed E-state index contributed by atoms with van der Waals surface area (Å²) in [5.41, 5.74) is -0.156. The van der Waals surface area contributed by atoms with Gasteiger partial charge in [0.15, 0.2) is 5.78 Å². The van der Waals surface area contributed by atoms with Gasteiger partial charge in [0, 0.05) is 5.41 Å². The molecule has 0 N–H and O–H groups in total. The standard InChI is InChI=1S/C10H14O/c1-3-7-10(2)8-5-4-6-9(10)11/h3-4,6H,1,5,7-8H2,2H3. The molecule has 0 saturated heterocycles. The molecule has 1 aliphatic rings. The first-order valence-electron chi connectivity index (χ1n) is 4.01. The molecular formula is C10H14O. The predicted octanol–water partition coefficient (Wildman–Crippen LogP) is 2.49. The zero-order valence-electron chi connectivity index (χ0n) is 6.97. The second-order valence-corrected chi connectivity index (χ2v) is 3.36. The van der Waals surface area contributed by atoms with Gasteiger partial charge in [-0.3, -0.25) is 4.79 Å². The molecule has 0 fully saturated rings. The van der Waals surface area contributed by atoms with Crippen LogP contribution in [0.1, 0.15) is 26.2 Å². The van der Waals surface area contributed by atoms with E-state index in [9.17, 15) is 4.79 Å². The molecule has 1 atom stereocenters. The van der Waals surface area contributed by atoms with Gasteiger partial charge in [-0.1, -0.05) is 19.1 Å². The highest BCUT2D eigenvalue weighted by molar-refractivity contribution is 5.95. The highest BCUT2D eigenvalue weighted by Crippen LogP contribution is 2.32. The molecule has 1 unspecified atom stereocenters. The van der Waals surface area contributed by atoms with E-state index in [0.29, 0.717) is 0 Å². The molecule has 0 aliphatic heterocycles. The van der Waals surface area contributed by atoms with Gasteiger partial charge in [-0.05, 0) is 25.3 Å². The van der Waals surface area contributed by atoms with Gasteiger partial charge in [0.05, 0.1) is 0 Å². The molecule has 60 valence electrons. The molecule has 0 bridgehead atoms. The van der Waals surface area contributed by atoms with Crippen LogP contribution in [0.4, 0.5) is 0 Å². The highest BCUT2D eigenvalue weighted by atomic mass is 16.1. The summed E-state index contributed by atoms with van der Waals surface area (Å²) in [7, 11) is 0. The van der Waals surface area contributed by atoms with Crippen molar-refractivity contribution in [3.63, 3.8) is 0 Å². The Morgan fingerprint density at radius 3 is 3.09 bits per heavy atom. The number of hydrogen-bond acceptors (Lipinski definition) is 1. The fraction of sp³-hybridized carbons (Fsp3) is 0.500. The van der Waals surface area contributed by atoms with Crippen LogP contribution < -0.4 is 0 Å². The maximum atomic E-state index is 11.4. The maximum absolute atomic E-state index is 11.4. The smallest absolute Gasteiger partial charge is 0.161 e. The van der Waals surface area contributed by atoms with Crippen molar-refractivity contribution in [2.45, 2.75) is 26.2 Å². The topological polar surface area (TPSA) is 17.1 Å². The van der Waals surface area contributed by atoms with Gasteiger partial charge in [0.25, 0.3) is 0 Å². The summed E-state index contributed by atoms with van der Waals surface area (Å²) in [4.78, 5) is 11.4. The molecule has 0 heterocycles. The summed E-state index contributed by atoms with van der Waals surface area (Å²) in [6.45, 7) is 5.67. The molecule has 1 heteroatoms. The highest BCUT2D eigenvalue weighted by Gasteiger charge is 2.30. The fourth-order valence-corrected chi connectivity index (χ4v) is 1.44. The van der Waals surface area contributed by atoms with Crippen LogP contribution in [0.5, 0.6) is 0 Å². The number of carbonyl (C=O) groups is 1. The van der Waals surface area contributed by atoms with E-state index in [2.05, 4.69) is 6.58 Å². The minimum Gasteiger partial charge on any atom is -0.294 e. The van der Waals surface area contributed by atoms with Crippen molar-refractivity contribution in [1.29, 1.82) is 0 Å². The van der Waals surface area contributed by atoms with Crippen LogP contribution in [0.25, 0.3) is 0 Å². The largest absolute Gasteiger partial charge is 0.294 e. The van der Waals surface area contributed by atoms with Gasteiger partial charge in [-0.25, -0.2) is 0 Å². The molecular weight excluding hydrogens is 136 g/mol. The molecule has 0 saturated carbocycles. The van der Waals surface area contributed by atoms with E-state index >= 15 is 0 Å². The molecule has 0 aromatic rings. The molecule has 1 nitrogen and oxygen atoms in total. The average Bonchev–Trinajstić information content (AvgIpc) is 1.96. The second kappa shape index (κ2) is 3.04. The lowest BCUT2D eigenvalue weighted by atomic mass is 9.75. The van der Waals surface area contributed by atoms with E-state index < -0.39 is 0 Å². The fourth-order valence-electron chi connectivity index (χ4n) is 1.44. The third-order valence-electron chi connectivity index (χ3n) is 2.32.